The Morgan fingerprint density at radius 2 is 2.15 bits per heavy atom. The summed E-state index contributed by atoms with van der Waals surface area (Å²) in [6.45, 7) is 4.25. The highest BCUT2D eigenvalue weighted by atomic mass is 16.5. The molecule has 1 aromatic heterocycles. The van der Waals surface area contributed by atoms with Crippen LogP contribution in [0.3, 0.4) is 0 Å². The normalized spacial score (nSPS) is 12.2. The Bertz CT molecular complexity index is 590. The Morgan fingerprint density at radius 1 is 1.40 bits per heavy atom. The van der Waals surface area contributed by atoms with Crippen molar-refractivity contribution in [2.45, 2.75) is 32.6 Å². The fraction of sp³-hybridized carbons (Fsp3) is 0.375. The number of ether oxygens (including phenoxy) is 1. The molecule has 0 saturated carbocycles. The molecule has 20 heavy (non-hydrogen) atoms. The number of esters is 1. The summed E-state index contributed by atoms with van der Waals surface area (Å²) in [5, 5.41) is 0. The topological polar surface area (TPSA) is 55.0 Å². The van der Waals surface area contributed by atoms with Crippen molar-refractivity contribution in [1.82, 2.24) is 9.97 Å². The van der Waals surface area contributed by atoms with Crippen LogP contribution in [0.25, 0.3) is 0 Å². The van der Waals surface area contributed by atoms with E-state index in [0.29, 0.717) is 5.69 Å². The average Bonchev–Trinajstić information content (AvgIpc) is 2.94. The lowest BCUT2D eigenvalue weighted by Gasteiger charge is -2.16. The van der Waals surface area contributed by atoms with Crippen molar-refractivity contribution < 1.29 is 9.53 Å². The highest BCUT2D eigenvalue weighted by Crippen LogP contribution is 2.29. The van der Waals surface area contributed by atoms with E-state index in [2.05, 4.69) is 35.9 Å². The van der Waals surface area contributed by atoms with Gasteiger partial charge in [-0.05, 0) is 24.5 Å². The monoisotopic (exact) mass is 272 g/mol. The predicted octanol–water partition coefficient (Wildman–Crippen LogP) is 3.44. The van der Waals surface area contributed by atoms with Crippen molar-refractivity contribution >= 4 is 5.97 Å². The van der Waals surface area contributed by atoms with Gasteiger partial charge in [-0.3, -0.25) is 0 Å². The number of aromatic amines is 1. The summed E-state index contributed by atoms with van der Waals surface area (Å²) in [5.74, 6) is 0.616. The summed E-state index contributed by atoms with van der Waals surface area (Å²) < 4.78 is 4.71. The molecular weight excluding hydrogens is 252 g/mol. The van der Waals surface area contributed by atoms with Crippen molar-refractivity contribution in [1.29, 1.82) is 0 Å². The molecule has 0 amide bonds. The summed E-state index contributed by atoms with van der Waals surface area (Å²) in [4.78, 5) is 19.0. The van der Waals surface area contributed by atoms with Crippen LogP contribution in [-0.2, 0) is 4.74 Å². The molecule has 4 heteroatoms. The van der Waals surface area contributed by atoms with Gasteiger partial charge in [-0.2, -0.15) is 0 Å². The standard InChI is InChI=1S/C16H20N2O2/c1-4-7-13(12-9-6-5-8-11(12)2)15-17-10-14(18-15)16(19)20-3/h5-6,8-10,13H,4,7H2,1-3H3,(H,17,18). The van der Waals surface area contributed by atoms with Gasteiger partial charge in [0, 0.05) is 5.92 Å². The van der Waals surface area contributed by atoms with Crippen molar-refractivity contribution in [3.63, 3.8) is 0 Å². The average molecular weight is 272 g/mol. The van der Waals surface area contributed by atoms with Gasteiger partial charge >= 0.3 is 5.97 Å². The Hall–Kier alpha value is -2.10. The number of aryl methyl sites for hydroxylation is 1. The summed E-state index contributed by atoms with van der Waals surface area (Å²) in [5.41, 5.74) is 2.89. The van der Waals surface area contributed by atoms with E-state index in [0.717, 1.165) is 18.7 Å². The Kier molecular flexibility index (Phi) is 4.56. The maximum Gasteiger partial charge on any atom is 0.356 e. The molecule has 106 valence electrons. The third-order valence-corrected chi connectivity index (χ3v) is 3.47. The predicted molar refractivity (Wildman–Crippen MR) is 77.9 cm³/mol. The van der Waals surface area contributed by atoms with Crippen LogP contribution < -0.4 is 0 Å². The molecule has 4 nitrogen and oxygen atoms in total. The number of aromatic nitrogens is 2. The van der Waals surface area contributed by atoms with Crippen LogP contribution in [0.1, 0.15) is 53.1 Å². The van der Waals surface area contributed by atoms with E-state index >= 15 is 0 Å². The first-order valence-electron chi connectivity index (χ1n) is 6.86. The molecule has 0 saturated heterocycles. The molecule has 1 N–H and O–H groups in total. The van der Waals surface area contributed by atoms with E-state index < -0.39 is 0 Å². The number of hydrogen-bond acceptors (Lipinski definition) is 3. The SMILES string of the molecule is CCCC(c1ncc(C(=O)OC)[nH]1)c1ccccc1C. The van der Waals surface area contributed by atoms with E-state index in [4.69, 9.17) is 4.74 Å². The van der Waals surface area contributed by atoms with Gasteiger partial charge in [-0.25, -0.2) is 9.78 Å². The van der Waals surface area contributed by atoms with Crippen LogP contribution in [-0.4, -0.2) is 23.0 Å². The number of nitrogens with one attached hydrogen (secondary N) is 1. The number of rotatable bonds is 5. The third kappa shape index (κ3) is 2.90. The van der Waals surface area contributed by atoms with Gasteiger partial charge in [0.05, 0.1) is 13.3 Å². The lowest BCUT2D eigenvalue weighted by atomic mass is 9.90. The molecule has 1 aromatic carbocycles. The van der Waals surface area contributed by atoms with Crippen molar-refractivity contribution in [3.8, 4) is 0 Å². The number of imidazole rings is 1. The van der Waals surface area contributed by atoms with Gasteiger partial charge < -0.3 is 9.72 Å². The Morgan fingerprint density at radius 3 is 2.80 bits per heavy atom. The third-order valence-electron chi connectivity index (χ3n) is 3.47. The summed E-state index contributed by atoms with van der Waals surface area (Å²) in [6.07, 6.45) is 3.58. The maximum absolute atomic E-state index is 11.5. The van der Waals surface area contributed by atoms with E-state index in [1.165, 1.54) is 18.2 Å². The van der Waals surface area contributed by atoms with Crippen LogP contribution in [0, 0.1) is 6.92 Å². The van der Waals surface area contributed by atoms with Crippen molar-refractivity contribution in [2.24, 2.45) is 0 Å². The first-order valence-corrected chi connectivity index (χ1v) is 6.86. The van der Waals surface area contributed by atoms with Gasteiger partial charge in [0.2, 0.25) is 0 Å². The number of carbonyl (C=O) groups is 1. The van der Waals surface area contributed by atoms with E-state index in [1.54, 1.807) is 6.20 Å². The van der Waals surface area contributed by atoms with E-state index in [-0.39, 0.29) is 11.9 Å². The number of H-pyrrole nitrogens is 1. The Labute approximate surface area is 119 Å². The lowest BCUT2D eigenvalue weighted by molar-refractivity contribution is 0.0594. The second kappa shape index (κ2) is 6.37. The molecule has 0 radical (unpaired) electrons. The van der Waals surface area contributed by atoms with Gasteiger partial charge in [0.15, 0.2) is 0 Å². The zero-order valence-corrected chi connectivity index (χ0v) is 12.1. The minimum absolute atomic E-state index is 0.180. The molecule has 2 aromatic rings. The molecule has 0 aliphatic heterocycles. The molecule has 1 atom stereocenters. The fourth-order valence-electron chi connectivity index (χ4n) is 2.43. The zero-order valence-electron chi connectivity index (χ0n) is 12.1. The second-order valence-corrected chi connectivity index (χ2v) is 4.87. The van der Waals surface area contributed by atoms with Crippen LogP contribution in [0.4, 0.5) is 0 Å². The van der Waals surface area contributed by atoms with Gasteiger partial charge in [-0.15, -0.1) is 0 Å². The van der Waals surface area contributed by atoms with Crippen LogP contribution in [0.2, 0.25) is 0 Å². The summed E-state index contributed by atoms with van der Waals surface area (Å²) in [7, 11) is 1.37. The molecule has 0 fully saturated rings. The maximum atomic E-state index is 11.5. The molecule has 2 rings (SSSR count). The molecular formula is C16H20N2O2. The van der Waals surface area contributed by atoms with Crippen molar-refractivity contribution in [3.05, 3.63) is 53.1 Å². The van der Waals surface area contributed by atoms with Gasteiger partial charge in [-0.1, -0.05) is 37.6 Å². The minimum Gasteiger partial charge on any atom is -0.464 e. The van der Waals surface area contributed by atoms with Crippen LogP contribution in [0.15, 0.2) is 30.5 Å². The highest BCUT2D eigenvalue weighted by molar-refractivity contribution is 5.86. The molecule has 0 aliphatic carbocycles. The van der Waals surface area contributed by atoms with Crippen LogP contribution >= 0.6 is 0 Å². The number of benzene rings is 1. The number of hydrogen-bond donors (Lipinski definition) is 1. The first-order chi connectivity index (χ1) is 9.67. The molecule has 1 unspecified atom stereocenters. The van der Waals surface area contributed by atoms with Crippen molar-refractivity contribution in [2.75, 3.05) is 7.11 Å². The molecule has 1 heterocycles. The minimum atomic E-state index is -0.385. The first kappa shape index (κ1) is 14.3. The van der Waals surface area contributed by atoms with Gasteiger partial charge in [0.25, 0.3) is 0 Å². The second-order valence-electron chi connectivity index (χ2n) is 4.87. The summed E-state index contributed by atoms with van der Waals surface area (Å²) in [6, 6.07) is 8.29. The van der Waals surface area contributed by atoms with E-state index in [1.807, 2.05) is 12.1 Å². The zero-order chi connectivity index (χ0) is 14.5. The van der Waals surface area contributed by atoms with Gasteiger partial charge in [0.1, 0.15) is 11.5 Å². The smallest absolute Gasteiger partial charge is 0.356 e. The number of methoxy groups -OCH3 is 1. The fourth-order valence-corrected chi connectivity index (χ4v) is 2.43. The lowest BCUT2D eigenvalue weighted by Crippen LogP contribution is -2.06. The summed E-state index contributed by atoms with van der Waals surface area (Å²) >= 11 is 0. The number of carbonyl (C=O) groups excluding carboxylic acids is 1. The van der Waals surface area contributed by atoms with E-state index in [9.17, 15) is 4.79 Å². The molecule has 0 bridgehead atoms. The van der Waals surface area contributed by atoms with Crippen LogP contribution in [0.5, 0.6) is 0 Å². The largest absolute Gasteiger partial charge is 0.464 e. The highest BCUT2D eigenvalue weighted by Gasteiger charge is 2.20. The molecule has 0 aliphatic rings. The molecule has 0 spiro atoms. The Balaban J connectivity index is 2.36. The number of nitrogens with zero attached hydrogens (tertiary/aromatic N) is 1. The quantitative estimate of drug-likeness (QED) is 0.848.